The van der Waals surface area contributed by atoms with E-state index in [-0.39, 0.29) is 10.6 Å². The topological polar surface area (TPSA) is 18.5 Å². The van der Waals surface area contributed by atoms with Crippen LogP contribution in [0.2, 0.25) is 18.1 Å². The number of hydrogen-bond acceptors (Lipinski definition) is 2. The Hall–Kier alpha value is 0.137. The third kappa shape index (κ3) is 6.58. The first-order chi connectivity index (χ1) is 7.37. The van der Waals surface area contributed by atoms with Crippen molar-refractivity contribution in [3.63, 3.8) is 0 Å². The second-order valence-corrected chi connectivity index (χ2v) is 12.0. The zero-order chi connectivity index (χ0) is 13.9. The normalized spacial score (nSPS) is 14.5. The van der Waals surface area contributed by atoms with Gasteiger partial charge in [-0.3, -0.25) is 0 Å². The first-order valence-corrected chi connectivity index (χ1v) is 9.60. The van der Waals surface area contributed by atoms with E-state index in [1.54, 1.807) is 0 Å². The molecule has 2 nitrogen and oxygen atoms in total. The van der Waals surface area contributed by atoms with Crippen molar-refractivity contribution in [3.8, 4) is 0 Å². The van der Waals surface area contributed by atoms with Gasteiger partial charge < -0.3 is 9.16 Å². The highest BCUT2D eigenvalue weighted by Crippen LogP contribution is 2.39. The summed E-state index contributed by atoms with van der Waals surface area (Å²) in [6.45, 7) is 20.7. The first kappa shape index (κ1) is 17.1. The van der Waals surface area contributed by atoms with Crippen LogP contribution in [0.4, 0.5) is 0 Å². The van der Waals surface area contributed by atoms with Gasteiger partial charge in [-0.2, -0.15) is 0 Å². The molecule has 0 bridgehead atoms. The molecule has 0 atom stereocenters. The van der Waals surface area contributed by atoms with Gasteiger partial charge in [-0.25, -0.2) is 0 Å². The van der Waals surface area contributed by atoms with Crippen LogP contribution in [-0.2, 0) is 9.16 Å². The molecular weight excluding hydrogens is 228 g/mol. The molecule has 0 saturated carbocycles. The maximum absolute atomic E-state index is 6.43. The largest absolute Gasteiger partial charge is 0.412 e. The summed E-state index contributed by atoms with van der Waals surface area (Å²) in [6, 6.07) is 0. The molecular formula is C14H32O2Si. The molecule has 0 radical (unpaired) electrons. The molecule has 0 spiro atoms. The predicted octanol–water partition coefficient (Wildman–Crippen LogP) is 4.60. The van der Waals surface area contributed by atoms with Crippen LogP contribution in [0.3, 0.4) is 0 Å². The highest BCUT2D eigenvalue weighted by atomic mass is 28.4. The van der Waals surface area contributed by atoms with Crippen molar-refractivity contribution in [2.75, 3.05) is 6.61 Å². The molecule has 0 amide bonds. The molecule has 17 heavy (non-hydrogen) atoms. The minimum Gasteiger partial charge on any atom is -0.412 e. The molecule has 0 aliphatic carbocycles. The van der Waals surface area contributed by atoms with Crippen LogP contribution in [0.15, 0.2) is 0 Å². The second kappa shape index (κ2) is 5.85. The van der Waals surface area contributed by atoms with E-state index < -0.39 is 8.32 Å². The van der Waals surface area contributed by atoms with Gasteiger partial charge in [-0.05, 0) is 52.2 Å². The maximum Gasteiger partial charge on any atom is 0.192 e. The van der Waals surface area contributed by atoms with Crippen molar-refractivity contribution in [1.82, 2.24) is 0 Å². The molecule has 3 heteroatoms. The van der Waals surface area contributed by atoms with Crippen LogP contribution in [0.5, 0.6) is 0 Å². The summed E-state index contributed by atoms with van der Waals surface area (Å²) in [5.41, 5.74) is -0.0854. The van der Waals surface area contributed by atoms with Gasteiger partial charge >= 0.3 is 0 Å². The van der Waals surface area contributed by atoms with Gasteiger partial charge in [0.2, 0.25) is 0 Å². The van der Waals surface area contributed by atoms with E-state index in [0.29, 0.717) is 6.10 Å². The van der Waals surface area contributed by atoms with Gasteiger partial charge in [0, 0.05) is 6.61 Å². The lowest BCUT2D eigenvalue weighted by atomic mass is 10.1. The summed E-state index contributed by atoms with van der Waals surface area (Å²) in [5.74, 6) is 0. The second-order valence-electron chi connectivity index (χ2n) is 7.29. The molecule has 0 fully saturated rings. The van der Waals surface area contributed by atoms with Crippen LogP contribution < -0.4 is 0 Å². The van der Waals surface area contributed by atoms with E-state index in [1.165, 1.54) is 0 Å². The summed E-state index contributed by atoms with van der Waals surface area (Å²) in [5, 5.41) is 0.267. The Bertz CT molecular complexity index is 227. The van der Waals surface area contributed by atoms with Gasteiger partial charge in [-0.1, -0.05) is 20.8 Å². The lowest BCUT2D eigenvalue weighted by Crippen LogP contribution is -2.47. The summed E-state index contributed by atoms with van der Waals surface area (Å²) in [6.07, 6.45) is 1.26. The van der Waals surface area contributed by atoms with Crippen molar-refractivity contribution in [2.45, 2.75) is 84.7 Å². The van der Waals surface area contributed by atoms with Crippen molar-refractivity contribution < 1.29 is 9.16 Å². The molecule has 0 aromatic heterocycles. The average molecular weight is 260 g/mol. The van der Waals surface area contributed by atoms with Crippen molar-refractivity contribution in [2.24, 2.45) is 0 Å². The number of rotatable bonds is 6. The van der Waals surface area contributed by atoms with E-state index in [2.05, 4.69) is 61.6 Å². The molecule has 0 saturated heterocycles. The zero-order valence-electron chi connectivity index (χ0n) is 13.3. The van der Waals surface area contributed by atoms with Gasteiger partial charge in [0.1, 0.15) is 0 Å². The van der Waals surface area contributed by atoms with Crippen LogP contribution in [0.1, 0.15) is 54.9 Å². The van der Waals surface area contributed by atoms with Crippen molar-refractivity contribution in [3.05, 3.63) is 0 Å². The standard InChI is InChI=1S/C14H32O2Si/c1-12(2)15-11-10-14(6,7)16-17(8,9)13(3,4)5/h12H,10-11H2,1-9H3. The van der Waals surface area contributed by atoms with Crippen LogP contribution in [0.25, 0.3) is 0 Å². The highest BCUT2D eigenvalue weighted by Gasteiger charge is 2.41. The Morgan fingerprint density at radius 1 is 1.00 bits per heavy atom. The molecule has 0 unspecified atom stereocenters. The summed E-state index contributed by atoms with van der Waals surface area (Å²) < 4.78 is 12.0. The van der Waals surface area contributed by atoms with E-state index in [1.807, 2.05) is 0 Å². The van der Waals surface area contributed by atoms with E-state index in [0.717, 1.165) is 13.0 Å². The molecule has 0 heterocycles. The Kier molecular flexibility index (Phi) is 5.90. The highest BCUT2D eigenvalue weighted by molar-refractivity contribution is 6.74. The summed E-state index contributed by atoms with van der Waals surface area (Å²) >= 11 is 0. The maximum atomic E-state index is 6.43. The average Bonchev–Trinajstić information content (AvgIpc) is 1.97. The van der Waals surface area contributed by atoms with Gasteiger partial charge in [0.25, 0.3) is 0 Å². The molecule has 104 valence electrons. The molecule has 0 N–H and O–H groups in total. The molecule has 0 aliphatic heterocycles. The lowest BCUT2D eigenvalue weighted by Gasteiger charge is -2.42. The van der Waals surface area contributed by atoms with Gasteiger partial charge in [0.05, 0.1) is 11.7 Å². The monoisotopic (exact) mass is 260 g/mol. The Morgan fingerprint density at radius 2 is 1.47 bits per heavy atom. The number of ether oxygens (including phenoxy) is 1. The fraction of sp³-hybridized carbons (Fsp3) is 1.00. The zero-order valence-corrected chi connectivity index (χ0v) is 14.3. The van der Waals surface area contributed by atoms with Crippen LogP contribution in [-0.4, -0.2) is 26.6 Å². The van der Waals surface area contributed by atoms with Crippen LogP contribution in [0, 0.1) is 0 Å². The SMILES string of the molecule is CC(C)OCCC(C)(C)O[Si](C)(C)C(C)(C)C. The summed E-state index contributed by atoms with van der Waals surface area (Å²) in [4.78, 5) is 0. The lowest BCUT2D eigenvalue weighted by molar-refractivity contribution is 0.0164. The Balaban J connectivity index is 4.34. The molecule has 0 aromatic carbocycles. The van der Waals surface area contributed by atoms with Crippen molar-refractivity contribution >= 4 is 8.32 Å². The third-order valence-electron chi connectivity index (χ3n) is 3.49. The van der Waals surface area contributed by atoms with E-state index in [9.17, 15) is 0 Å². The molecule has 0 aromatic rings. The van der Waals surface area contributed by atoms with Gasteiger partial charge in [0.15, 0.2) is 8.32 Å². The first-order valence-electron chi connectivity index (χ1n) is 6.69. The quantitative estimate of drug-likeness (QED) is 0.650. The van der Waals surface area contributed by atoms with Gasteiger partial charge in [-0.15, -0.1) is 0 Å². The minimum atomic E-state index is -1.67. The third-order valence-corrected chi connectivity index (χ3v) is 8.17. The smallest absolute Gasteiger partial charge is 0.192 e. The van der Waals surface area contributed by atoms with Crippen LogP contribution >= 0.6 is 0 Å². The minimum absolute atomic E-state index is 0.0854. The number of hydrogen-bond donors (Lipinski definition) is 0. The summed E-state index contributed by atoms with van der Waals surface area (Å²) in [7, 11) is -1.67. The Labute approximate surface area is 109 Å². The van der Waals surface area contributed by atoms with E-state index in [4.69, 9.17) is 9.16 Å². The fourth-order valence-electron chi connectivity index (χ4n) is 1.44. The fourth-order valence-corrected chi connectivity index (χ4v) is 3.22. The molecule has 0 aliphatic rings. The Morgan fingerprint density at radius 3 is 1.82 bits per heavy atom. The predicted molar refractivity (Wildman–Crippen MR) is 78.1 cm³/mol. The van der Waals surface area contributed by atoms with E-state index >= 15 is 0 Å². The van der Waals surface area contributed by atoms with Crippen molar-refractivity contribution in [1.29, 1.82) is 0 Å². The molecule has 0 rings (SSSR count).